The number of rotatable bonds is 4. The number of hydrogen-bond acceptors (Lipinski definition) is 6. The molecule has 0 spiro atoms. The predicted octanol–water partition coefficient (Wildman–Crippen LogP) is 4.96. The van der Waals surface area contributed by atoms with Crippen LogP contribution in [0.3, 0.4) is 0 Å². The summed E-state index contributed by atoms with van der Waals surface area (Å²) in [5.41, 5.74) is 2.37. The highest BCUT2D eigenvalue weighted by atomic mass is 16.6. The van der Waals surface area contributed by atoms with Crippen molar-refractivity contribution in [3.8, 4) is 5.75 Å². The molecule has 8 nitrogen and oxygen atoms in total. The molecule has 2 atom stereocenters. The van der Waals surface area contributed by atoms with Crippen LogP contribution in [-0.2, 0) is 9.47 Å². The summed E-state index contributed by atoms with van der Waals surface area (Å²) in [6.07, 6.45) is -2.75. The molecule has 3 aromatic rings. The van der Waals surface area contributed by atoms with Crippen molar-refractivity contribution in [3.63, 3.8) is 0 Å². The first-order valence-corrected chi connectivity index (χ1v) is 10.4. The van der Waals surface area contributed by atoms with Gasteiger partial charge >= 0.3 is 12.2 Å². The molecular weight excluding hydrogens is 422 g/mol. The van der Waals surface area contributed by atoms with E-state index in [0.717, 1.165) is 16.8 Å². The third-order valence-electron chi connectivity index (χ3n) is 5.51. The molecule has 1 aliphatic heterocycles. The maximum absolute atomic E-state index is 13.1. The van der Waals surface area contributed by atoms with Gasteiger partial charge in [-0.05, 0) is 35.4 Å². The van der Waals surface area contributed by atoms with Crippen LogP contribution in [0.1, 0.15) is 23.5 Å². The van der Waals surface area contributed by atoms with Gasteiger partial charge in [0.15, 0.2) is 12.3 Å². The van der Waals surface area contributed by atoms with Crippen LogP contribution >= 0.6 is 0 Å². The summed E-state index contributed by atoms with van der Waals surface area (Å²) < 4.78 is 15.5. The molecule has 0 unspecified atom stereocenters. The molecule has 1 saturated heterocycles. The van der Waals surface area contributed by atoms with Gasteiger partial charge in [-0.3, -0.25) is 0 Å². The number of hydrogen-bond donors (Lipinski definition) is 0. The molecule has 170 valence electrons. The van der Waals surface area contributed by atoms with Crippen molar-refractivity contribution >= 4 is 17.9 Å². The van der Waals surface area contributed by atoms with E-state index in [4.69, 9.17) is 14.2 Å². The van der Waals surface area contributed by atoms with Crippen LogP contribution < -0.4 is 9.64 Å². The van der Waals surface area contributed by atoms with Crippen molar-refractivity contribution in [2.75, 3.05) is 26.2 Å². The zero-order valence-electron chi connectivity index (χ0n) is 18.6. The minimum atomic E-state index is -0.689. The average Bonchev–Trinajstić information content (AvgIpc) is 3.25. The average molecular weight is 447 g/mol. The molecule has 1 aliphatic rings. The summed E-state index contributed by atoms with van der Waals surface area (Å²) in [5.74, 6) is 0.695. The fourth-order valence-corrected chi connectivity index (χ4v) is 4.06. The molecular formula is C25H25N3O5. The van der Waals surface area contributed by atoms with Gasteiger partial charge < -0.3 is 19.1 Å². The van der Waals surface area contributed by atoms with E-state index in [-0.39, 0.29) is 0 Å². The molecule has 3 aromatic carbocycles. The molecule has 4 rings (SSSR count). The Hall–Kier alpha value is -4.20. The minimum Gasteiger partial charge on any atom is -0.497 e. The first kappa shape index (κ1) is 22.0. The third-order valence-corrected chi connectivity index (χ3v) is 5.51. The number of carbonyl (C=O) groups excluding carboxylic acids is 2. The van der Waals surface area contributed by atoms with E-state index in [1.807, 2.05) is 89.8 Å². The number of amides is 2. The standard InChI is InChI=1S/C25H25N3O5/c1-31-21-16-14-20(15-17-21)26-22(18-10-6-4-7-11-18)27(24(29)32-2)28(25(30)33-3)23(26)19-12-8-5-9-13-19/h4-17,22-23H,1-3H3/t22-,23-/m1/s1. The molecule has 33 heavy (non-hydrogen) atoms. The van der Waals surface area contributed by atoms with Crippen molar-refractivity contribution in [2.45, 2.75) is 12.3 Å². The van der Waals surface area contributed by atoms with Gasteiger partial charge in [-0.2, -0.15) is 10.0 Å². The van der Waals surface area contributed by atoms with E-state index in [1.165, 1.54) is 24.2 Å². The van der Waals surface area contributed by atoms with Gasteiger partial charge in [-0.15, -0.1) is 0 Å². The zero-order chi connectivity index (χ0) is 23.4. The first-order chi connectivity index (χ1) is 16.1. The molecule has 0 aromatic heterocycles. The van der Waals surface area contributed by atoms with Crippen LogP contribution in [-0.4, -0.2) is 43.5 Å². The van der Waals surface area contributed by atoms with E-state index in [0.29, 0.717) is 5.75 Å². The Labute approximate surface area is 192 Å². The maximum atomic E-state index is 13.1. The van der Waals surface area contributed by atoms with Crippen molar-refractivity contribution < 1.29 is 23.8 Å². The Balaban J connectivity index is 1.98. The SMILES string of the molecule is COC(=O)N1[C@H](c2ccccc2)N(c2ccc(OC)cc2)[C@@H](c2ccccc2)N1C(=O)OC. The van der Waals surface area contributed by atoms with Gasteiger partial charge in [-0.25, -0.2) is 9.59 Å². The number of methoxy groups -OCH3 is 3. The topological polar surface area (TPSA) is 71.6 Å². The van der Waals surface area contributed by atoms with Gasteiger partial charge in [0, 0.05) is 5.69 Å². The number of ether oxygens (including phenoxy) is 3. The van der Waals surface area contributed by atoms with Crippen LogP contribution in [0.15, 0.2) is 84.9 Å². The second kappa shape index (κ2) is 9.52. The van der Waals surface area contributed by atoms with Gasteiger partial charge in [0.25, 0.3) is 0 Å². The highest BCUT2D eigenvalue weighted by molar-refractivity contribution is 5.78. The molecule has 1 fully saturated rings. The fraction of sp³-hybridized carbons (Fsp3) is 0.200. The van der Waals surface area contributed by atoms with Crippen molar-refractivity contribution in [1.29, 1.82) is 0 Å². The predicted molar refractivity (Wildman–Crippen MR) is 122 cm³/mol. The van der Waals surface area contributed by atoms with E-state index in [9.17, 15) is 9.59 Å². The Morgan fingerprint density at radius 3 is 1.42 bits per heavy atom. The smallest absolute Gasteiger partial charge is 0.431 e. The monoisotopic (exact) mass is 447 g/mol. The number of carbonyl (C=O) groups is 2. The van der Waals surface area contributed by atoms with Crippen LogP contribution in [0.25, 0.3) is 0 Å². The van der Waals surface area contributed by atoms with Crippen LogP contribution in [0.5, 0.6) is 5.75 Å². The zero-order valence-corrected chi connectivity index (χ0v) is 18.6. The van der Waals surface area contributed by atoms with Gasteiger partial charge in [0.1, 0.15) is 5.75 Å². The molecule has 0 saturated carbocycles. The Morgan fingerprint density at radius 2 is 1.06 bits per heavy atom. The lowest BCUT2D eigenvalue weighted by Crippen LogP contribution is -2.46. The summed E-state index contributed by atoms with van der Waals surface area (Å²) in [6.45, 7) is 0. The molecule has 0 bridgehead atoms. The number of anilines is 1. The number of hydrazine groups is 1. The van der Waals surface area contributed by atoms with Crippen molar-refractivity contribution in [3.05, 3.63) is 96.1 Å². The van der Waals surface area contributed by atoms with E-state index in [2.05, 4.69) is 0 Å². The Morgan fingerprint density at radius 1 is 0.636 bits per heavy atom. The van der Waals surface area contributed by atoms with Gasteiger partial charge in [-0.1, -0.05) is 60.7 Å². The van der Waals surface area contributed by atoms with Crippen molar-refractivity contribution in [1.82, 2.24) is 10.0 Å². The molecule has 2 amide bonds. The summed E-state index contributed by atoms with van der Waals surface area (Å²) in [7, 11) is 4.17. The number of nitrogens with zero attached hydrogens (tertiary/aromatic N) is 3. The van der Waals surface area contributed by atoms with Gasteiger partial charge in [0.2, 0.25) is 0 Å². The van der Waals surface area contributed by atoms with E-state index >= 15 is 0 Å². The Bertz CT molecular complexity index is 1030. The molecule has 0 radical (unpaired) electrons. The molecule has 0 N–H and O–H groups in total. The van der Waals surface area contributed by atoms with E-state index < -0.39 is 24.5 Å². The second-order valence-electron chi connectivity index (χ2n) is 7.30. The van der Waals surface area contributed by atoms with Crippen LogP contribution in [0.4, 0.5) is 15.3 Å². The molecule has 8 heteroatoms. The lowest BCUT2D eigenvalue weighted by molar-refractivity contribution is -0.0129. The summed E-state index contributed by atoms with van der Waals surface area (Å²) >= 11 is 0. The maximum Gasteiger partial charge on any atom is 0.431 e. The van der Waals surface area contributed by atoms with E-state index in [1.54, 1.807) is 7.11 Å². The molecule has 1 heterocycles. The van der Waals surface area contributed by atoms with Gasteiger partial charge in [0.05, 0.1) is 21.3 Å². The van der Waals surface area contributed by atoms with Crippen molar-refractivity contribution in [2.24, 2.45) is 0 Å². The highest BCUT2D eigenvalue weighted by Gasteiger charge is 2.53. The first-order valence-electron chi connectivity index (χ1n) is 10.4. The third kappa shape index (κ3) is 4.03. The largest absolute Gasteiger partial charge is 0.497 e. The molecule has 0 aliphatic carbocycles. The summed E-state index contributed by atoms with van der Waals surface area (Å²) in [4.78, 5) is 28.2. The van der Waals surface area contributed by atoms with Crippen LogP contribution in [0.2, 0.25) is 0 Å². The van der Waals surface area contributed by atoms with Crippen LogP contribution in [0, 0.1) is 0 Å². The summed E-state index contributed by atoms with van der Waals surface area (Å²) in [6, 6.07) is 26.4. The normalized spacial score (nSPS) is 17.6. The number of benzene rings is 3. The quantitative estimate of drug-likeness (QED) is 0.563. The lowest BCUT2D eigenvalue weighted by Gasteiger charge is -2.31. The lowest BCUT2D eigenvalue weighted by atomic mass is 10.1. The minimum absolute atomic E-state index is 0.684. The highest BCUT2D eigenvalue weighted by Crippen LogP contribution is 2.47. The second-order valence-corrected chi connectivity index (χ2v) is 7.30. The summed E-state index contributed by atoms with van der Waals surface area (Å²) in [5, 5.41) is 2.59. The fourth-order valence-electron chi connectivity index (χ4n) is 4.06. The Kier molecular flexibility index (Phi) is 6.35.